The third-order valence-electron chi connectivity index (χ3n) is 2.04. The van der Waals surface area contributed by atoms with Gasteiger partial charge in [-0.05, 0) is 38.6 Å². The van der Waals surface area contributed by atoms with Gasteiger partial charge in [0.1, 0.15) is 5.82 Å². The second-order valence-corrected chi connectivity index (χ2v) is 4.79. The van der Waals surface area contributed by atoms with Crippen molar-refractivity contribution >= 4 is 0 Å². The van der Waals surface area contributed by atoms with Crippen LogP contribution in [0.2, 0.25) is 0 Å². The van der Waals surface area contributed by atoms with E-state index in [0.717, 1.165) is 18.7 Å². The number of hydrogen-bond acceptors (Lipinski definition) is 2. The molecule has 1 aromatic carbocycles. The van der Waals surface area contributed by atoms with Gasteiger partial charge >= 0.3 is 0 Å². The Bertz CT molecular complexity index is 300. The van der Waals surface area contributed by atoms with Gasteiger partial charge in [-0.3, -0.25) is 0 Å². The zero-order valence-electron chi connectivity index (χ0n) is 9.63. The summed E-state index contributed by atoms with van der Waals surface area (Å²) in [7, 11) is 2.01. The Morgan fingerprint density at radius 3 is 2.27 bits per heavy atom. The maximum atomic E-state index is 12.7. The van der Waals surface area contributed by atoms with Gasteiger partial charge in [0, 0.05) is 18.6 Å². The third-order valence-corrected chi connectivity index (χ3v) is 2.04. The van der Waals surface area contributed by atoms with E-state index in [4.69, 9.17) is 5.73 Å². The van der Waals surface area contributed by atoms with Crippen LogP contribution in [-0.4, -0.2) is 24.0 Å². The highest BCUT2D eigenvalue weighted by Crippen LogP contribution is 2.07. The molecule has 3 heteroatoms. The van der Waals surface area contributed by atoms with E-state index < -0.39 is 0 Å². The van der Waals surface area contributed by atoms with E-state index in [2.05, 4.69) is 4.90 Å². The molecule has 2 nitrogen and oxygen atoms in total. The minimum absolute atomic E-state index is 0.194. The second kappa shape index (κ2) is 4.73. The lowest BCUT2D eigenvalue weighted by atomic mass is 10.1. The zero-order chi connectivity index (χ0) is 11.5. The summed E-state index contributed by atoms with van der Waals surface area (Å²) in [5, 5.41) is 0. The smallest absolute Gasteiger partial charge is 0.123 e. The van der Waals surface area contributed by atoms with Gasteiger partial charge in [0.15, 0.2) is 0 Å². The Morgan fingerprint density at radius 2 is 1.80 bits per heavy atom. The summed E-state index contributed by atoms with van der Waals surface area (Å²) in [5.41, 5.74) is 6.81. The Balaban J connectivity index is 2.51. The first-order chi connectivity index (χ1) is 6.87. The fraction of sp³-hybridized carbons (Fsp3) is 0.500. The number of benzene rings is 1. The van der Waals surface area contributed by atoms with Crippen molar-refractivity contribution in [1.29, 1.82) is 0 Å². The van der Waals surface area contributed by atoms with Gasteiger partial charge in [0.25, 0.3) is 0 Å². The Labute approximate surface area is 90.9 Å². The zero-order valence-corrected chi connectivity index (χ0v) is 9.63. The third kappa shape index (κ3) is 4.91. The highest BCUT2D eigenvalue weighted by atomic mass is 19.1. The van der Waals surface area contributed by atoms with Gasteiger partial charge in [-0.2, -0.15) is 0 Å². The molecule has 2 N–H and O–H groups in total. The number of halogens is 1. The SMILES string of the molecule is CN(Cc1ccc(F)cc1)CC(C)(C)N. The van der Waals surface area contributed by atoms with Crippen LogP contribution in [0.5, 0.6) is 0 Å². The van der Waals surface area contributed by atoms with E-state index >= 15 is 0 Å². The van der Waals surface area contributed by atoms with Crippen LogP contribution in [-0.2, 0) is 6.54 Å². The molecule has 0 unspecified atom stereocenters. The molecule has 0 aromatic heterocycles. The fourth-order valence-corrected chi connectivity index (χ4v) is 1.65. The van der Waals surface area contributed by atoms with E-state index in [1.165, 1.54) is 12.1 Å². The Morgan fingerprint density at radius 1 is 1.27 bits per heavy atom. The number of likely N-dealkylation sites (N-methyl/N-ethyl adjacent to an activating group) is 1. The average Bonchev–Trinajstić information content (AvgIpc) is 2.05. The van der Waals surface area contributed by atoms with E-state index in [1.807, 2.05) is 20.9 Å². The lowest BCUT2D eigenvalue weighted by molar-refractivity contribution is 0.263. The highest BCUT2D eigenvalue weighted by molar-refractivity contribution is 5.15. The van der Waals surface area contributed by atoms with E-state index in [1.54, 1.807) is 12.1 Å². The predicted octanol–water partition coefficient (Wildman–Crippen LogP) is 1.99. The molecule has 0 spiro atoms. The molecule has 1 aromatic rings. The molecule has 0 aliphatic heterocycles. The molecule has 0 atom stereocenters. The van der Waals surface area contributed by atoms with E-state index in [-0.39, 0.29) is 11.4 Å². The van der Waals surface area contributed by atoms with Crippen molar-refractivity contribution in [2.45, 2.75) is 25.9 Å². The summed E-state index contributed by atoms with van der Waals surface area (Å²) < 4.78 is 12.7. The summed E-state index contributed by atoms with van der Waals surface area (Å²) in [6, 6.07) is 6.57. The molecule has 84 valence electrons. The standard InChI is InChI=1S/C12H19FN2/c1-12(2,14)9-15(3)8-10-4-6-11(13)7-5-10/h4-7H,8-9,14H2,1-3H3. The topological polar surface area (TPSA) is 29.3 Å². The molecule has 0 radical (unpaired) electrons. The Hall–Kier alpha value is -0.930. The lowest BCUT2D eigenvalue weighted by Crippen LogP contribution is -2.43. The van der Waals surface area contributed by atoms with Gasteiger partial charge in [0.2, 0.25) is 0 Å². The molecule has 0 aliphatic rings. The number of rotatable bonds is 4. The van der Waals surface area contributed by atoms with Crippen molar-refractivity contribution in [1.82, 2.24) is 4.90 Å². The number of hydrogen-bond donors (Lipinski definition) is 1. The summed E-state index contributed by atoms with van der Waals surface area (Å²) in [5.74, 6) is -0.194. The minimum Gasteiger partial charge on any atom is -0.324 e. The molecule has 15 heavy (non-hydrogen) atoms. The molecule has 0 fully saturated rings. The van der Waals surface area contributed by atoms with Crippen molar-refractivity contribution in [3.63, 3.8) is 0 Å². The number of nitrogens with two attached hydrogens (primary N) is 1. The minimum atomic E-state index is -0.200. The van der Waals surface area contributed by atoms with Crippen molar-refractivity contribution in [3.8, 4) is 0 Å². The van der Waals surface area contributed by atoms with Crippen molar-refractivity contribution in [3.05, 3.63) is 35.6 Å². The maximum Gasteiger partial charge on any atom is 0.123 e. The molecule has 1 rings (SSSR count). The van der Waals surface area contributed by atoms with Crippen LogP contribution in [0.3, 0.4) is 0 Å². The average molecular weight is 210 g/mol. The van der Waals surface area contributed by atoms with Crippen LogP contribution in [0.15, 0.2) is 24.3 Å². The van der Waals surface area contributed by atoms with Crippen LogP contribution in [0.25, 0.3) is 0 Å². The van der Waals surface area contributed by atoms with Crippen LogP contribution >= 0.6 is 0 Å². The van der Waals surface area contributed by atoms with Crippen LogP contribution in [0.4, 0.5) is 4.39 Å². The fourth-order valence-electron chi connectivity index (χ4n) is 1.65. The summed E-state index contributed by atoms with van der Waals surface area (Å²) in [6.07, 6.45) is 0. The molecule has 0 aliphatic carbocycles. The van der Waals surface area contributed by atoms with Crippen molar-refractivity contribution in [2.24, 2.45) is 5.73 Å². The lowest BCUT2D eigenvalue weighted by Gasteiger charge is -2.26. The first kappa shape index (κ1) is 12.1. The first-order valence-corrected chi connectivity index (χ1v) is 5.09. The molecule has 0 saturated heterocycles. The highest BCUT2D eigenvalue weighted by Gasteiger charge is 2.13. The Kier molecular flexibility index (Phi) is 3.83. The van der Waals surface area contributed by atoms with Crippen molar-refractivity contribution < 1.29 is 4.39 Å². The van der Waals surface area contributed by atoms with Crippen LogP contribution < -0.4 is 5.73 Å². The van der Waals surface area contributed by atoms with Gasteiger partial charge in [-0.1, -0.05) is 12.1 Å². The monoisotopic (exact) mass is 210 g/mol. The molecule has 0 heterocycles. The normalized spacial score (nSPS) is 12.1. The molecule has 0 amide bonds. The van der Waals surface area contributed by atoms with Gasteiger partial charge in [-0.15, -0.1) is 0 Å². The summed E-state index contributed by atoms with van der Waals surface area (Å²) >= 11 is 0. The largest absolute Gasteiger partial charge is 0.324 e. The number of nitrogens with zero attached hydrogens (tertiary/aromatic N) is 1. The van der Waals surface area contributed by atoms with Crippen LogP contribution in [0.1, 0.15) is 19.4 Å². The molecule has 0 saturated carbocycles. The van der Waals surface area contributed by atoms with E-state index in [0.29, 0.717) is 0 Å². The van der Waals surface area contributed by atoms with Gasteiger partial charge < -0.3 is 10.6 Å². The summed E-state index contributed by atoms with van der Waals surface area (Å²) in [4.78, 5) is 2.13. The van der Waals surface area contributed by atoms with E-state index in [9.17, 15) is 4.39 Å². The van der Waals surface area contributed by atoms with Crippen LogP contribution in [0, 0.1) is 5.82 Å². The predicted molar refractivity (Wildman–Crippen MR) is 61.0 cm³/mol. The summed E-state index contributed by atoms with van der Waals surface area (Å²) in [6.45, 7) is 5.59. The quantitative estimate of drug-likeness (QED) is 0.823. The maximum absolute atomic E-state index is 12.7. The van der Waals surface area contributed by atoms with Crippen molar-refractivity contribution in [2.75, 3.05) is 13.6 Å². The van der Waals surface area contributed by atoms with Gasteiger partial charge in [-0.25, -0.2) is 4.39 Å². The van der Waals surface area contributed by atoms with Gasteiger partial charge in [0.05, 0.1) is 0 Å². The second-order valence-electron chi connectivity index (χ2n) is 4.79. The molecular weight excluding hydrogens is 191 g/mol. The molecule has 0 bridgehead atoms. The molecular formula is C12H19FN2. The first-order valence-electron chi connectivity index (χ1n) is 5.09.